The summed E-state index contributed by atoms with van der Waals surface area (Å²) in [6, 6.07) is 8.00. The summed E-state index contributed by atoms with van der Waals surface area (Å²) in [6.07, 6.45) is -1.22. The summed E-state index contributed by atoms with van der Waals surface area (Å²) in [6.45, 7) is 5.48. The van der Waals surface area contributed by atoms with Crippen LogP contribution in [0.15, 0.2) is 36.4 Å². The van der Waals surface area contributed by atoms with Crippen LogP contribution in [0.25, 0.3) is 0 Å². The SMILES string of the molecule is CC(C)OCc1ccc(C(=O)O[C@H](C)C(=O)Nc2ccc(F)c(F)c2F)cc1. The van der Waals surface area contributed by atoms with Gasteiger partial charge in [0.1, 0.15) is 0 Å². The number of ether oxygens (including phenoxy) is 2. The molecule has 0 saturated heterocycles. The number of halogens is 3. The number of amides is 1. The molecule has 8 heteroatoms. The summed E-state index contributed by atoms with van der Waals surface area (Å²) in [7, 11) is 0. The molecular formula is C20H20F3NO4. The topological polar surface area (TPSA) is 64.6 Å². The van der Waals surface area contributed by atoms with Crippen LogP contribution >= 0.6 is 0 Å². The van der Waals surface area contributed by atoms with Gasteiger partial charge in [-0.15, -0.1) is 0 Å². The molecule has 0 saturated carbocycles. The van der Waals surface area contributed by atoms with Gasteiger partial charge in [0, 0.05) is 0 Å². The maximum atomic E-state index is 13.6. The third-order valence-electron chi connectivity index (χ3n) is 3.72. The third-order valence-corrected chi connectivity index (χ3v) is 3.72. The molecular weight excluding hydrogens is 375 g/mol. The lowest BCUT2D eigenvalue weighted by Crippen LogP contribution is -2.30. The van der Waals surface area contributed by atoms with E-state index >= 15 is 0 Å². The molecule has 2 rings (SSSR count). The van der Waals surface area contributed by atoms with Crippen LogP contribution < -0.4 is 5.32 Å². The van der Waals surface area contributed by atoms with Crippen molar-refractivity contribution in [1.82, 2.24) is 0 Å². The quantitative estimate of drug-likeness (QED) is 0.563. The lowest BCUT2D eigenvalue weighted by Gasteiger charge is -2.14. The summed E-state index contributed by atoms with van der Waals surface area (Å²) in [5.41, 5.74) is 0.526. The molecule has 28 heavy (non-hydrogen) atoms. The molecule has 0 bridgehead atoms. The number of esters is 1. The summed E-state index contributed by atoms with van der Waals surface area (Å²) in [5, 5.41) is 2.06. The highest BCUT2D eigenvalue weighted by Crippen LogP contribution is 2.20. The Labute approximate surface area is 160 Å². The average Bonchev–Trinajstić information content (AvgIpc) is 2.67. The number of anilines is 1. The Kier molecular flexibility index (Phi) is 7.17. The molecule has 0 fully saturated rings. The van der Waals surface area contributed by atoms with Gasteiger partial charge in [-0.3, -0.25) is 4.79 Å². The molecule has 1 amide bonds. The smallest absolute Gasteiger partial charge is 0.338 e. The second kappa shape index (κ2) is 9.36. The van der Waals surface area contributed by atoms with Crippen LogP contribution in [0.2, 0.25) is 0 Å². The van der Waals surface area contributed by atoms with Gasteiger partial charge in [-0.25, -0.2) is 18.0 Å². The van der Waals surface area contributed by atoms with Gasteiger partial charge in [-0.05, 0) is 50.6 Å². The first-order chi connectivity index (χ1) is 13.2. The molecule has 1 atom stereocenters. The zero-order chi connectivity index (χ0) is 20.8. The number of carbonyl (C=O) groups is 2. The lowest BCUT2D eigenvalue weighted by atomic mass is 10.1. The molecule has 2 aromatic rings. The Morgan fingerprint density at radius 1 is 0.964 bits per heavy atom. The fraction of sp³-hybridized carbons (Fsp3) is 0.300. The fourth-order valence-electron chi connectivity index (χ4n) is 2.14. The number of rotatable bonds is 7. The van der Waals surface area contributed by atoms with E-state index < -0.39 is 41.1 Å². The van der Waals surface area contributed by atoms with Crippen molar-refractivity contribution in [2.75, 3.05) is 5.32 Å². The third kappa shape index (κ3) is 5.56. The van der Waals surface area contributed by atoms with Crippen LogP contribution in [0.4, 0.5) is 18.9 Å². The largest absolute Gasteiger partial charge is 0.449 e. The molecule has 0 unspecified atom stereocenters. The van der Waals surface area contributed by atoms with E-state index in [0.717, 1.165) is 11.6 Å². The molecule has 0 aliphatic heterocycles. The van der Waals surface area contributed by atoms with Crippen LogP contribution in [0.1, 0.15) is 36.7 Å². The van der Waals surface area contributed by atoms with E-state index in [2.05, 4.69) is 5.32 Å². The van der Waals surface area contributed by atoms with Crippen LogP contribution in [-0.4, -0.2) is 24.1 Å². The zero-order valence-electron chi connectivity index (χ0n) is 15.6. The van der Waals surface area contributed by atoms with Crippen molar-refractivity contribution in [1.29, 1.82) is 0 Å². The maximum absolute atomic E-state index is 13.6. The molecule has 0 radical (unpaired) electrons. The van der Waals surface area contributed by atoms with Gasteiger partial charge in [-0.1, -0.05) is 12.1 Å². The molecule has 150 valence electrons. The standard InChI is InChI=1S/C20H20F3NO4/c1-11(2)27-10-13-4-6-14(7-5-13)20(26)28-12(3)19(25)24-16-9-8-15(21)17(22)18(16)23/h4-9,11-12H,10H2,1-3H3,(H,24,25)/t12-/m1/s1. The Bertz CT molecular complexity index is 853. The van der Waals surface area contributed by atoms with E-state index in [1.807, 2.05) is 13.8 Å². The van der Waals surface area contributed by atoms with E-state index in [1.165, 1.54) is 19.1 Å². The van der Waals surface area contributed by atoms with E-state index in [0.29, 0.717) is 12.7 Å². The van der Waals surface area contributed by atoms with Crippen molar-refractivity contribution in [3.63, 3.8) is 0 Å². The van der Waals surface area contributed by atoms with Gasteiger partial charge in [-0.2, -0.15) is 0 Å². The van der Waals surface area contributed by atoms with Gasteiger partial charge >= 0.3 is 5.97 Å². The number of nitrogens with one attached hydrogen (secondary N) is 1. The Morgan fingerprint density at radius 2 is 1.61 bits per heavy atom. The first-order valence-electron chi connectivity index (χ1n) is 8.55. The first-order valence-corrected chi connectivity index (χ1v) is 8.55. The van der Waals surface area contributed by atoms with E-state index in [1.54, 1.807) is 12.1 Å². The lowest BCUT2D eigenvalue weighted by molar-refractivity contribution is -0.123. The molecule has 0 spiro atoms. The minimum atomic E-state index is -1.70. The number of carbonyl (C=O) groups excluding carboxylic acids is 2. The predicted octanol–water partition coefficient (Wildman–Crippen LogP) is 4.21. The van der Waals surface area contributed by atoms with Gasteiger partial charge in [0.25, 0.3) is 5.91 Å². The highest BCUT2D eigenvalue weighted by Gasteiger charge is 2.22. The Morgan fingerprint density at radius 3 is 2.21 bits per heavy atom. The molecule has 0 aliphatic rings. The second-order valence-corrected chi connectivity index (χ2v) is 6.32. The van der Waals surface area contributed by atoms with E-state index in [-0.39, 0.29) is 11.7 Å². The number of hydrogen-bond donors (Lipinski definition) is 1. The van der Waals surface area contributed by atoms with Crippen LogP contribution in [0.5, 0.6) is 0 Å². The molecule has 5 nitrogen and oxygen atoms in total. The summed E-state index contributed by atoms with van der Waals surface area (Å²) >= 11 is 0. The molecule has 2 aromatic carbocycles. The minimum absolute atomic E-state index is 0.0726. The van der Waals surface area contributed by atoms with Crippen molar-refractivity contribution >= 4 is 17.6 Å². The van der Waals surface area contributed by atoms with Crippen molar-refractivity contribution in [3.8, 4) is 0 Å². The van der Waals surface area contributed by atoms with Crippen molar-refractivity contribution in [2.24, 2.45) is 0 Å². The van der Waals surface area contributed by atoms with Gasteiger partial charge in [0.15, 0.2) is 23.6 Å². The van der Waals surface area contributed by atoms with Crippen molar-refractivity contribution in [2.45, 2.75) is 39.6 Å². The second-order valence-electron chi connectivity index (χ2n) is 6.32. The summed E-state index contributed by atoms with van der Waals surface area (Å²) < 4.78 is 50.2. The van der Waals surface area contributed by atoms with Crippen LogP contribution in [0, 0.1) is 17.5 Å². The van der Waals surface area contributed by atoms with Gasteiger partial charge in [0.2, 0.25) is 0 Å². The Hall–Kier alpha value is -2.87. The highest BCUT2D eigenvalue weighted by atomic mass is 19.2. The first kappa shape index (κ1) is 21.4. The zero-order valence-corrected chi connectivity index (χ0v) is 15.6. The van der Waals surface area contributed by atoms with Gasteiger partial charge < -0.3 is 14.8 Å². The molecule has 1 N–H and O–H groups in total. The predicted molar refractivity (Wildman–Crippen MR) is 96.2 cm³/mol. The number of benzene rings is 2. The maximum Gasteiger partial charge on any atom is 0.338 e. The minimum Gasteiger partial charge on any atom is -0.449 e. The average molecular weight is 395 g/mol. The monoisotopic (exact) mass is 395 g/mol. The van der Waals surface area contributed by atoms with Crippen LogP contribution in [-0.2, 0) is 20.9 Å². The fourth-order valence-corrected chi connectivity index (χ4v) is 2.14. The highest BCUT2D eigenvalue weighted by molar-refractivity contribution is 5.97. The Balaban J connectivity index is 1.96. The molecule has 0 aromatic heterocycles. The summed E-state index contributed by atoms with van der Waals surface area (Å²) in [4.78, 5) is 24.2. The van der Waals surface area contributed by atoms with E-state index in [4.69, 9.17) is 9.47 Å². The van der Waals surface area contributed by atoms with Crippen molar-refractivity contribution in [3.05, 3.63) is 65.0 Å². The van der Waals surface area contributed by atoms with Crippen LogP contribution in [0.3, 0.4) is 0 Å². The van der Waals surface area contributed by atoms with E-state index in [9.17, 15) is 22.8 Å². The van der Waals surface area contributed by atoms with Gasteiger partial charge in [0.05, 0.1) is 24.0 Å². The normalized spacial score (nSPS) is 12.0. The molecule has 0 heterocycles. The van der Waals surface area contributed by atoms with Crippen molar-refractivity contribution < 1.29 is 32.2 Å². The summed E-state index contributed by atoms with van der Waals surface area (Å²) in [5.74, 6) is -6.27. The molecule has 0 aliphatic carbocycles. The number of hydrogen-bond acceptors (Lipinski definition) is 4.